The molecule has 2 saturated carbocycles. The van der Waals surface area contributed by atoms with Crippen LogP contribution in [0.25, 0.3) is 0 Å². The molecule has 3 unspecified atom stereocenters. The first-order valence-corrected chi connectivity index (χ1v) is 9.04. The Bertz CT molecular complexity index is 617. The van der Waals surface area contributed by atoms with Gasteiger partial charge in [0.15, 0.2) is 0 Å². The standard InChI is InChI=1S/C15H23N3O2S/c1-16-14-5-6-17-9-15(14)21(19,20)18(2)10-13-8-11-3-4-12(13)7-11/h5-6,9,11-13H,3-4,7-8,10H2,1-2H3,(H,16,17). The van der Waals surface area contributed by atoms with E-state index in [4.69, 9.17) is 0 Å². The number of aromatic nitrogens is 1. The molecule has 6 heteroatoms. The van der Waals surface area contributed by atoms with Crippen LogP contribution >= 0.6 is 0 Å². The molecule has 1 aromatic rings. The molecule has 3 rings (SSSR count). The van der Waals surface area contributed by atoms with E-state index < -0.39 is 10.0 Å². The van der Waals surface area contributed by atoms with E-state index in [0.29, 0.717) is 18.2 Å². The third-order valence-corrected chi connectivity index (χ3v) is 6.97. The SMILES string of the molecule is CNc1ccncc1S(=O)(=O)N(C)CC1CC2CCC1C2. The predicted molar refractivity (Wildman–Crippen MR) is 82.5 cm³/mol. The fourth-order valence-corrected chi connectivity index (χ4v) is 5.35. The van der Waals surface area contributed by atoms with Crippen LogP contribution in [-0.4, -0.2) is 38.3 Å². The summed E-state index contributed by atoms with van der Waals surface area (Å²) in [5, 5.41) is 2.93. The Labute approximate surface area is 126 Å². The van der Waals surface area contributed by atoms with Gasteiger partial charge < -0.3 is 5.32 Å². The van der Waals surface area contributed by atoms with Crippen molar-refractivity contribution in [2.75, 3.05) is 26.0 Å². The van der Waals surface area contributed by atoms with Crippen LogP contribution in [0, 0.1) is 17.8 Å². The van der Waals surface area contributed by atoms with Crippen LogP contribution in [-0.2, 0) is 10.0 Å². The maximum absolute atomic E-state index is 12.8. The summed E-state index contributed by atoms with van der Waals surface area (Å²) >= 11 is 0. The lowest BCUT2D eigenvalue weighted by molar-refractivity contribution is 0.280. The number of anilines is 1. The van der Waals surface area contributed by atoms with E-state index in [-0.39, 0.29) is 4.90 Å². The Morgan fingerprint density at radius 1 is 1.38 bits per heavy atom. The predicted octanol–water partition coefficient (Wildman–Crippen LogP) is 2.18. The van der Waals surface area contributed by atoms with Crippen molar-refractivity contribution < 1.29 is 8.42 Å². The van der Waals surface area contributed by atoms with Crippen molar-refractivity contribution in [2.24, 2.45) is 17.8 Å². The Hall–Kier alpha value is -1.14. The lowest BCUT2D eigenvalue weighted by Crippen LogP contribution is -2.34. The Balaban J connectivity index is 1.78. The van der Waals surface area contributed by atoms with Crippen molar-refractivity contribution in [3.05, 3.63) is 18.5 Å². The van der Waals surface area contributed by atoms with Gasteiger partial charge in [0, 0.05) is 33.0 Å². The van der Waals surface area contributed by atoms with Gasteiger partial charge in [-0.25, -0.2) is 12.7 Å². The van der Waals surface area contributed by atoms with E-state index >= 15 is 0 Å². The van der Waals surface area contributed by atoms with Crippen LogP contribution in [0.4, 0.5) is 5.69 Å². The Morgan fingerprint density at radius 2 is 2.19 bits per heavy atom. The highest BCUT2D eigenvalue weighted by molar-refractivity contribution is 7.89. The number of rotatable bonds is 5. The molecule has 116 valence electrons. The number of hydrogen-bond donors (Lipinski definition) is 1. The topological polar surface area (TPSA) is 62.3 Å². The fraction of sp³-hybridized carbons (Fsp3) is 0.667. The molecule has 1 N–H and O–H groups in total. The zero-order valence-corrected chi connectivity index (χ0v) is 13.4. The van der Waals surface area contributed by atoms with E-state index in [1.54, 1.807) is 26.4 Å². The first-order valence-electron chi connectivity index (χ1n) is 7.60. The van der Waals surface area contributed by atoms with Gasteiger partial charge in [-0.2, -0.15) is 0 Å². The Morgan fingerprint density at radius 3 is 2.81 bits per heavy atom. The highest BCUT2D eigenvalue weighted by Crippen LogP contribution is 2.48. The average Bonchev–Trinajstić information content (AvgIpc) is 3.09. The molecule has 5 nitrogen and oxygen atoms in total. The van der Waals surface area contributed by atoms with Crippen LogP contribution in [0.15, 0.2) is 23.4 Å². The molecule has 2 fully saturated rings. The number of nitrogens with one attached hydrogen (secondary N) is 1. The summed E-state index contributed by atoms with van der Waals surface area (Å²) in [6.45, 7) is 0.627. The third kappa shape index (κ3) is 2.66. The van der Waals surface area contributed by atoms with Gasteiger partial charge in [-0.1, -0.05) is 6.42 Å². The van der Waals surface area contributed by atoms with Gasteiger partial charge in [-0.3, -0.25) is 4.98 Å². The van der Waals surface area contributed by atoms with Crippen LogP contribution in [0.5, 0.6) is 0 Å². The summed E-state index contributed by atoms with van der Waals surface area (Å²) in [7, 11) is -0.0630. The number of fused-ring (bicyclic) bond motifs is 2. The minimum atomic E-state index is -3.48. The van der Waals surface area contributed by atoms with Crippen molar-refractivity contribution in [3.8, 4) is 0 Å². The summed E-state index contributed by atoms with van der Waals surface area (Å²) in [6.07, 6.45) is 8.13. The second-order valence-electron chi connectivity index (χ2n) is 6.34. The van der Waals surface area contributed by atoms with Crippen molar-refractivity contribution in [3.63, 3.8) is 0 Å². The quantitative estimate of drug-likeness (QED) is 0.905. The maximum Gasteiger partial charge on any atom is 0.246 e. The van der Waals surface area contributed by atoms with Crippen molar-refractivity contribution in [1.29, 1.82) is 0 Å². The average molecular weight is 309 g/mol. The van der Waals surface area contributed by atoms with E-state index in [9.17, 15) is 8.42 Å². The summed E-state index contributed by atoms with van der Waals surface area (Å²) in [4.78, 5) is 4.23. The molecule has 0 spiro atoms. The Kier molecular flexibility index (Phi) is 3.92. The zero-order valence-electron chi connectivity index (χ0n) is 12.6. The first kappa shape index (κ1) is 14.8. The lowest BCUT2D eigenvalue weighted by atomic mass is 9.89. The van der Waals surface area contributed by atoms with Crippen molar-refractivity contribution in [2.45, 2.75) is 30.6 Å². The van der Waals surface area contributed by atoms with E-state index in [1.165, 1.54) is 36.2 Å². The molecule has 21 heavy (non-hydrogen) atoms. The monoisotopic (exact) mass is 309 g/mol. The highest BCUT2D eigenvalue weighted by atomic mass is 32.2. The molecule has 0 saturated heterocycles. The highest BCUT2D eigenvalue weighted by Gasteiger charge is 2.41. The van der Waals surface area contributed by atoms with Gasteiger partial charge >= 0.3 is 0 Å². The van der Waals surface area contributed by atoms with Gasteiger partial charge in [0.05, 0.1) is 5.69 Å². The minimum Gasteiger partial charge on any atom is -0.387 e. The van der Waals surface area contributed by atoms with E-state index in [1.807, 2.05) is 0 Å². The minimum absolute atomic E-state index is 0.262. The summed E-state index contributed by atoms with van der Waals surface area (Å²) < 4.78 is 27.0. The number of hydrogen-bond acceptors (Lipinski definition) is 4. The lowest BCUT2D eigenvalue weighted by Gasteiger charge is -2.27. The molecular formula is C15H23N3O2S. The third-order valence-electron chi connectivity index (χ3n) is 5.12. The normalized spacial score (nSPS) is 28.2. The number of pyridine rings is 1. The number of sulfonamides is 1. The fourth-order valence-electron chi connectivity index (χ4n) is 3.99. The largest absolute Gasteiger partial charge is 0.387 e. The number of nitrogens with zero attached hydrogens (tertiary/aromatic N) is 2. The van der Waals surface area contributed by atoms with Gasteiger partial charge in [0.25, 0.3) is 0 Å². The van der Waals surface area contributed by atoms with Crippen LogP contribution < -0.4 is 5.32 Å². The molecule has 0 radical (unpaired) electrons. The molecule has 0 amide bonds. The van der Waals surface area contributed by atoms with Crippen molar-refractivity contribution in [1.82, 2.24) is 9.29 Å². The molecule has 0 aliphatic heterocycles. The van der Waals surface area contributed by atoms with Gasteiger partial charge in [0.1, 0.15) is 4.90 Å². The molecule has 2 bridgehead atoms. The molecule has 0 aromatic carbocycles. The van der Waals surface area contributed by atoms with Crippen LogP contribution in [0.1, 0.15) is 25.7 Å². The van der Waals surface area contributed by atoms with Crippen LogP contribution in [0.3, 0.4) is 0 Å². The second-order valence-corrected chi connectivity index (χ2v) is 8.36. The zero-order chi connectivity index (χ0) is 15.0. The van der Waals surface area contributed by atoms with Crippen LogP contribution in [0.2, 0.25) is 0 Å². The van der Waals surface area contributed by atoms with Crippen molar-refractivity contribution >= 4 is 15.7 Å². The van der Waals surface area contributed by atoms with E-state index in [2.05, 4.69) is 10.3 Å². The first-order chi connectivity index (χ1) is 10.0. The molecule has 1 heterocycles. The molecular weight excluding hydrogens is 286 g/mol. The molecule has 1 aromatic heterocycles. The molecule has 3 atom stereocenters. The summed E-state index contributed by atoms with van der Waals surface area (Å²) in [6, 6.07) is 1.69. The summed E-state index contributed by atoms with van der Waals surface area (Å²) in [5.41, 5.74) is 0.602. The van der Waals surface area contributed by atoms with Gasteiger partial charge in [0.2, 0.25) is 10.0 Å². The second kappa shape index (κ2) is 5.57. The molecule has 2 aliphatic rings. The van der Waals surface area contributed by atoms with E-state index in [0.717, 1.165) is 11.8 Å². The maximum atomic E-state index is 12.8. The molecule has 2 aliphatic carbocycles. The summed E-state index contributed by atoms with van der Waals surface area (Å²) in [5.74, 6) is 2.09. The van der Waals surface area contributed by atoms with Gasteiger partial charge in [-0.15, -0.1) is 0 Å². The van der Waals surface area contributed by atoms with Gasteiger partial charge in [-0.05, 0) is 43.1 Å². The smallest absolute Gasteiger partial charge is 0.246 e.